The summed E-state index contributed by atoms with van der Waals surface area (Å²) in [6, 6.07) is 13.5. The Kier molecular flexibility index (Phi) is 7.59. The van der Waals surface area contributed by atoms with Crippen molar-refractivity contribution < 1.29 is 17.6 Å². The van der Waals surface area contributed by atoms with E-state index in [1.165, 1.54) is 35.2 Å². The molecule has 158 valence electrons. The first-order valence-electron chi connectivity index (χ1n) is 8.98. The molecule has 0 saturated carbocycles. The zero-order valence-corrected chi connectivity index (χ0v) is 18.5. The van der Waals surface area contributed by atoms with Crippen molar-refractivity contribution in [1.82, 2.24) is 9.71 Å². The fourth-order valence-electron chi connectivity index (χ4n) is 2.66. The second-order valence-corrected chi connectivity index (χ2v) is 9.81. The van der Waals surface area contributed by atoms with E-state index < -0.39 is 32.7 Å². The topological polar surface area (TPSA) is 88.2 Å². The predicted octanol–water partition coefficient (Wildman–Crippen LogP) is 3.99. The highest BCUT2D eigenvalue weighted by Crippen LogP contribution is 2.25. The van der Waals surface area contributed by atoms with Crippen LogP contribution in [0.15, 0.2) is 64.9 Å². The van der Waals surface area contributed by atoms with Crippen LogP contribution in [0, 0.1) is 5.82 Å². The number of hydrogen-bond donors (Lipinski definition) is 2. The predicted molar refractivity (Wildman–Crippen MR) is 120 cm³/mol. The molecule has 1 atom stereocenters. The molecule has 3 rings (SSSR count). The SMILES string of the molecule is CSCC[C@H](NS(=O)(=O)c1ccccc1F)C(=O)Nc1nc(-c2ccccc2)cs1. The maximum Gasteiger partial charge on any atom is 0.244 e. The second kappa shape index (κ2) is 10.2. The lowest BCUT2D eigenvalue weighted by Crippen LogP contribution is -2.44. The molecule has 0 saturated heterocycles. The molecule has 0 unspecified atom stereocenters. The minimum atomic E-state index is -4.21. The molecule has 1 heterocycles. The second-order valence-electron chi connectivity index (χ2n) is 6.28. The molecule has 0 aliphatic heterocycles. The van der Waals surface area contributed by atoms with Crippen LogP contribution in [0.2, 0.25) is 0 Å². The van der Waals surface area contributed by atoms with Crippen molar-refractivity contribution in [2.24, 2.45) is 0 Å². The number of carbonyl (C=O) groups excluding carboxylic acids is 1. The lowest BCUT2D eigenvalue weighted by Gasteiger charge is -2.17. The number of rotatable bonds is 9. The molecule has 30 heavy (non-hydrogen) atoms. The number of aromatic nitrogens is 1. The van der Waals surface area contributed by atoms with Gasteiger partial charge >= 0.3 is 0 Å². The molecule has 0 spiro atoms. The number of halogens is 1. The Hall–Kier alpha value is -2.27. The number of amides is 1. The number of anilines is 1. The third-order valence-corrected chi connectivity index (χ3v) is 7.06. The number of thioether (sulfide) groups is 1. The van der Waals surface area contributed by atoms with Gasteiger partial charge in [-0.1, -0.05) is 42.5 Å². The minimum absolute atomic E-state index is 0.248. The van der Waals surface area contributed by atoms with Crippen molar-refractivity contribution in [3.63, 3.8) is 0 Å². The van der Waals surface area contributed by atoms with E-state index in [-0.39, 0.29) is 6.42 Å². The Balaban J connectivity index is 1.76. The number of benzene rings is 2. The molecule has 6 nitrogen and oxygen atoms in total. The molecule has 0 aliphatic rings. The van der Waals surface area contributed by atoms with E-state index >= 15 is 0 Å². The first-order valence-corrected chi connectivity index (χ1v) is 12.7. The number of sulfonamides is 1. The van der Waals surface area contributed by atoms with E-state index in [1.54, 1.807) is 0 Å². The molecule has 0 radical (unpaired) electrons. The lowest BCUT2D eigenvalue weighted by atomic mass is 10.2. The average Bonchev–Trinajstić information content (AvgIpc) is 3.20. The maximum absolute atomic E-state index is 14.0. The first kappa shape index (κ1) is 22.4. The number of nitrogens with one attached hydrogen (secondary N) is 2. The molecule has 0 bridgehead atoms. The zero-order chi connectivity index (χ0) is 21.6. The van der Waals surface area contributed by atoms with Gasteiger partial charge in [0.25, 0.3) is 0 Å². The summed E-state index contributed by atoms with van der Waals surface area (Å²) in [7, 11) is -4.21. The molecule has 0 fully saturated rings. The van der Waals surface area contributed by atoms with Gasteiger partial charge in [-0.15, -0.1) is 11.3 Å². The highest BCUT2D eigenvalue weighted by molar-refractivity contribution is 7.98. The van der Waals surface area contributed by atoms with Gasteiger partial charge in [-0.2, -0.15) is 16.5 Å². The van der Waals surface area contributed by atoms with Gasteiger partial charge in [0.2, 0.25) is 15.9 Å². The van der Waals surface area contributed by atoms with E-state index in [1.807, 2.05) is 42.0 Å². The Morgan fingerprint density at radius 2 is 1.87 bits per heavy atom. The van der Waals surface area contributed by atoms with Crippen LogP contribution in [-0.2, 0) is 14.8 Å². The van der Waals surface area contributed by atoms with E-state index in [2.05, 4.69) is 15.0 Å². The Morgan fingerprint density at radius 1 is 1.17 bits per heavy atom. The summed E-state index contributed by atoms with van der Waals surface area (Å²) in [5.74, 6) is -0.871. The highest BCUT2D eigenvalue weighted by Gasteiger charge is 2.27. The van der Waals surface area contributed by atoms with Crippen LogP contribution < -0.4 is 10.0 Å². The smallest absolute Gasteiger partial charge is 0.244 e. The quantitative estimate of drug-likeness (QED) is 0.499. The van der Waals surface area contributed by atoms with E-state index in [0.717, 1.165) is 17.7 Å². The van der Waals surface area contributed by atoms with Gasteiger partial charge in [0.1, 0.15) is 16.8 Å². The van der Waals surface area contributed by atoms with Crippen LogP contribution >= 0.6 is 23.1 Å². The van der Waals surface area contributed by atoms with Crippen LogP contribution in [0.3, 0.4) is 0 Å². The summed E-state index contributed by atoms with van der Waals surface area (Å²) < 4.78 is 41.5. The van der Waals surface area contributed by atoms with Gasteiger partial charge < -0.3 is 5.32 Å². The molecule has 3 aromatic rings. The third kappa shape index (κ3) is 5.66. The molecular weight excluding hydrogens is 445 g/mol. The third-order valence-electron chi connectivity index (χ3n) is 4.15. The number of nitrogens with zero attached hydrogens (tertiary/aromatic N) is 1. The van der Waals surface area contributed by atoms with Crippen molar-refractivity contribution >= 4 is 44.2 Å². The fourth-order valence-corrected chi connectivity index (χ4v) is 5.16. The zero-order valence-electron chi connectivity index (χ0n) is 16.0. The van der Waals surface area contributed by atoms with E-state index in [0.29, 0.717) is 16.6 Å². The van der Waals surface area contributed by atoms with Gasteiger partial charge in [0.15, 0.2) is 5.13 Å². The lowest BCUT2D eigenvalue weighted by molar-refractivity contribution is -0.117. The van der Waals surface area contributed by atoms with Crippen molar-refractivity contribution in [2.75, 3.05) is 17.3 Å². The number of hydrogen-bond acceptors (Lipinski definition) is 6. The van der Waals surface area contributed by atoms with Crippen LogP contribution in [0.5, 0.6) is 0 Å². The van der Waals surface area contributed by atoms with Crippen LogP contribution in [-0.4, -0.2) is 37.4 Å². The van der Waals surface area contributed by atoms with Crippen molar-refractivity contribution in [1.29, 1.82) is 0 Å². The van der Waals surface area contributed by atoms with Gasteiger partial charge in [-0.3, -0.25) is 4.79 Å². The standard InChI is InChI=1S/C20H20FN3O3S3/c1-28-12-11-16(24-30(26,27)18-10-6-5-9-15(18)21)19(25)23-20-22-17(13-29-20)14-7-3-2-4-8-14/h2-10,13,16,24H,11-12H2,1H3,(H,22,23,25)/t16-/m0/s1. The molecule has 1 aromatic heterocycles. The van der Waals surface area contributed by atoms with Crippen LogP contribution in [0.4, 0.5) is 9.52 Å². The van der Waals surface area contributed by atoms with Gasteiger partial charge in [-0.25, -0.2) is 17.8 Å². The van der Waals surface area contributed by atoms with Gasteiger partial charge in [0.05, 0.1) is 5.69 Å². The summed E-state index contributed by atoms with van der Waals surface area (Å²) in [6.45, 7) is 0. The Bertz CT molecular complexity index is 1100. The summed E-state index contributed by atoms with van der Waals surface area (Å²) in [5.41, 5.74) is 1.62. The number of carbonyl (C=O) groups is 1. The van der Waals surface area contributed by atoms with Crippen molar-refractivity contribution in [2.45, 2.75) is 17.4 Å². The molecule has 2 aromatic carbocycles. The van der Waals surface area contributed by atoms with Gasteiger partial charge in [-0.05, 0) is 30.6 Å². The molecule has 10 heteroatoms. The van der Waals surface area contributed by atoms with Crippen LogP contribution in [0.1, 0.15) is 6.42 Å². The molecular formula is C20H20FN3O3S3. The van der Waals surface area contributed by atoms with E-state index in [9.17, 15) is 17.6 Å². The monoisotopic (exact) mass is 465 g/mol. The first-order chi connectivity index (χ1) is 14.4. The van der Waals surface area contributed by atoms with Crippen molar-refractivity contribution in [3.8, 4) is 11.3 Å². The van der Waals surface area contributed by atoms with Crippen LogP contribution in [0.25, 0.3) is 11.3 Å². The number of thiazole rings is 1. The Morgan fingerprint density at radius 3 is 2.57 bits per heavy atom. The minimum Gasteiger partial charge on any atom is -0.301 e. The summed E-state index contributed by atoms with van der Waals surface area (Å²) in [4.78, 5) is 16.7. The summed E-state index contributed by atoms with van der Waals surface area (Å²) >= 11 is 2.72. The molecule has 1 amide bonds. The maximum atomic E-state index is 14.0. The fraction of sp³-hybridized carbons (Fsp3) is 0.200. The molecule has 0 aliphatic carbocycles. The van der Waals surface area contributed by atoms with Gasteiger partial charge in [0, 0.05) is 10.9 Å². The highest BCUT2D eigenvalue weighted by atomic mass is 32.2. The average molecular weight is 466 g/mol. The normalized spacial score (nSPS) is 12.5. The largest absolute Gasteiger partial charge is 0.301 e. The summed E-state index contributed by atoms with van der Waals surface area (Å²) in [5, 5.41) is 4.84. The molecule has 2 N–H and O–H groups in total. The van der Waals surface area contributed by atoms with Crippen molar-refractivity contribution in [3.05, 3.63) is 65.8 Å². The summed E-state index contributed by atoms with van der Waals surface area (Å²) in [6.07, 6.45) is 2.10. The van der Waals surface area contributed by atoms with E-state index in [4.69, 9.17) is 0 Å². The Labute approximate surface area is 183 Å².